The van der Waals surface area contributed by atoms with Gasteiger partial charge in [-0.3, -0.25) is 0 Å². The number of para-hydroxylation sites is 1. The van der Waals surface area contributed by atoms with Crippen molar-refractivity contribution >= 4 is 33.6 Å². The van der Waals surface area contributed by atoms with E-state index in [1.165, 1.54) is 22.3 Å². The summed E-state index contributed by atoms with van der Waals surface area (Å²) in [5.41, 5.74) is 12.3. The number of aliphatic imine (C=N–C) groups is 2. The molecule has 0 saturated heterocycles. The van der Waals surface area contributed by atoms with E-state index < -0.39 is 0 Å². The SMILES string of the molecule is CC1(C)c2ccccc2-c2ccc(-c3cc(C4N=C(c5ccccc5)N=C(c5ccccc5)N4)c4c(c3)oc3ccccc34)cc21. The Kier molecular flexibility index (Phi) is 5.88. The lowest BCUT2D eigenvalue weighted by molar-refractivity contribution is 0.660. The van der Waals surface area contributed by atoms with Crippen molar-refractivity contribution in [3.8, 4) is 22.3 Å². The maximum Gasteiger partial charge on any atom is 0.159 e. The van der Waals surface area contributed by atoms with Crippen molar-refractivity contribution < 1.29 is 4.42 Å². The highest BCUT2D eigenvalue weighted by atomic mass is 16.3. The maximum atomic E-state index is 6.55. The highest BCUT2D eigenvalue weighted by molar-refractivity contribution is 6.14. The van der Waals surface area contributed by atoms with Crippen molar-refractivity contribution in [2.24, 2.45) is 9.98 Å². The fourth-order valence-corrected chi connectivity index (χ4v) is 7.22. The summed E-state index contributed by atoms with van der Waals surface area (Å²) in [7, 11) is 0. The number of hydrogen-bond donors (Lipinski definition) is 1. The van der Waals surface area contributed by atoms with Gasteiger partial charge in [-0.2, -0.15) is 0 Å². The average molecular weight is 594 g/mol. The summed E-state index contributed by atoms with van der Waals surface area (Å²) in [6.45, 7) is 4.65. The molecule has 0 amide bonds. The average Bonchev–Trinajstić information content (AvgIpc) is 3.60. The van der Waals surface area contributed by atoms with Crippen molar-refractivity contribution in [2.75, 3.05) is 0 Å². The Hall–Kier alpha value is -5.74. The molecule has 0 radical (unpaired) electrons. The molecule has 1 aliphatic heterocycles. The Morgan fingerprint density at radius 3 is 2.11 bits per heavy atom. The van der Waals surface area contributed by atoms with Gasteiger partial charge in [-0.25, -0.2) is 9.98 Å². The van der Waals surface area contributed by atoms with Crippen LogP contribution in [0, 0.1) is 0 Å². The number of amidine groups is 2. The number of nitrogens with one attached hydrogen (secondary N) is 1. The molecular formula is C42H31N3O. The van der Waals surface area contributed by atoms with Gasteiger partial charge in [0.1, 0.15) is 23.2 Å². The first-order valence-electron chi connectivity index (χ1n) is 15.8. The zero-order chi connectivity index (χ0) is 30.8. The summed E-state index contributed by atoms with van der Waals surface area (Å²) < 4.78 is 6.55. The van der Waals surface area contributed by atoms with E-state index in [1.54, 1.807) is 0 Å². The molecule has 0 spiro atoms. The minimum absolute atomic E-state index is 0.0882. The molecule has 0 bridgehead atoms. The quantitative estimate of drug-likeness (QED) is 0.221. The standard InChI is InChI=1S/C42H31N3O/c1-42(2)34-19-11-9-17-30(34)31-22-21-28(24-35(31)42)29-23-33(38-32-18-10-12-20-36(32)46-37(38)25-29)41-44-39(26-13-5-3-6-14-26)43-40(45-41)27-15-7-4-8-16-27/h3-25,41H,1-2H3,(H,43,44,45). The van der Waals surface area contributed by atoms with Crippen LogP contribution in [0.4, 0.5) is 0 Å². The lowest BCUT2D eigenvalue weighted by atomic mass is 9.81. The Balaban J connectivity index is 1.25. The molecule has 220 valence electrons. The number of hydrogen-bond acceptors (Lipinski definition) is 4. The van der Waals surface area contributed by atoms with Gasteiger partial charge in [0, 0.05) is 32.9 Å². The fourth-order valence-electron chi connectivity index (χ4n) is 7.22. The van der Waals surface area contributed by atoms with E-state index in [1.807, 2.05) is 48.5 Å². The molecule has 1 aromatic heterocycles. The van der Waals surface area contributed by atoms with E-state index in [0.29, 0.717) is 5.84 Å². The van der Waals surface area contributed by atoms with E-state index in [4.69, 9.17) is 14.4 Å². The molecular weight excluding hydrogens is 562 g/mol. The summed E-state index contributed by atoms with van der Waals surface area (Å²) in [4.78, 5) is 10.3. The smallest absolute Gasteiger partial charge is 0.159 e. The van der Waals surface area contributed by atoms with Crippen molar-refractivity contribution in [3.63, 3.8) is 0 Å². The Morgan fingerprint density at radius 1 is 0.587 bits per heavy atom. The monoisotopic (exact) mass is 593 g/mol. The van der Waals surface area contributed by atoms with E-state index in [0.717, 1.165) is 55.6 Å². The van der Waals surface area contributed by atoms with Crippen LogP contribution in [0.15, 0.2) is 154 Å². The van der Waals surface area contributed by atoms with Crippen molar-refractivity contribution in [1.29, 1.82) is 0 Å². The summed E-state index contributed by atoms with van der Waals surface area (Å²) in [5.74, 6) is 1.49. The van der Waals surface area contributed by atoms with Crippen LogP contribution in [0.3, 0.4) is 0 Å². The first kappa shape index (κ1) is 26.6. The summed E-state index contributed by atoms with van der Waals surface area (Å²) >= 11 is 0. The third-order valence-electron chi connectivity index (χ3n) is 9.54. The van der Waals surface area contributed by atoms with Gasteiger partial charge >= 0.3 is 0 Å². The molecule has 1 aliphatic carbocycles. The molecule has 0 fully saturated rings. The summed E-state index contributed by atoms with van der Waals surface area (Å²) in [5, 5.41) is 5.84. The van der Waals surface area contributed by atoms with Gasteiger partial charge in [-0.1, -0.05) is 129 Å². The minimum Gasteiger partial charge on any atom is -0.456 e. The zero-order valence-electron chi connectivity index (χ0n) is 25.7. The molecule has 7 aromatic rings. The van der Waals surface area contributed by atoms with Crippen molar-refractivity contribution in [1.82, 2.24) is 5.32 Å². The molecule has 2 aliphatic rings. The summed E-state index contributed by atoms with van der Waals surface area (Å²) in [6.07, 6.45) is -0.388. The molecule has 6 aromatic carbocycles. The van der Waals surface area contributed by atoms with Crippen molar-refractivity contribution in [2.45, 2.75) is 25.4 Å². The van der Waals surface area contributed by atoms with Crippen LogP contribution < -0.4 is 5.32 Å². The molecule has 2 heterocycles. The van der Waals surface area contributed by atoms with E-state index in [9.17, 15) is 0 Å². The largest absolute Gasteiger partial charge is 0.456 e. The van der Waals surface area contributed by atoms with Gasteiger partial charge in [0.2, 0.25) is 0 Å². The predicted molar refractivity (Wildman–Crippen MR) is 189 cm³/mol. The maximum absolute atomic E-state index is 6.55. The first-order valence-corrected chi connectivity index (χ1v) is 15.8. The number of furan rings is 1. The lowest BCUT2D eigenvalue weighted by Gasteiger charge is -2.25. The fraction of sp³-hybridized carbons (Fsp3) is 0.0952. The Morgan fingerprint density at radius 2 is 1.28 bits per heavy atom. The van der Waals surface area contributed by atoms with E-state index in [2.05, 4.69) is 110 Å². The van der Waals surface area contributed by atoms with Crippen LogP contribution in [0.5, 0.6) is 0 Å². The molecule has 9 rings (SSSR count). The van der Waals surface area contributed by atoms with Gasteiger partial charge in [0.05, 0.1) is 0 Å². The molecule has 1 unspecified atom stereocenters. The van der Waals surface area contributed by atoms with Crippen LogP contribution in [0.1, 0.15) is 47.8 Å². The summed E-state index contributed by atoms with van der Waals surface area (Å²) in [6, 6.07) is 48.9. The van der Waals surface area contributed by atoms with Crippen LogP contribution in [-0.4, -0.2) is 11.7 Å². The van der Waals surface area contributed by atoms with Crippen LogP contribution in [-0.2, 0) is 5.41 Å². The van der Waals surface area contributed by atoms with Crippen LogP contribution in [0.25, 0.3) is 44.2 Å². The first-order chi connectivity index (χ1) is 22.5. The normalized spacial score (nSPS) is 16.4. The highest BCUT2D eigenvalue weighted by Gasteiger charge is 2.35. The number of nitrogens with zero attached hydrogens (tertiary/aromatic N) is 2. The molecule has 46 heavy (non-hydrogen) atoms. The van der Waals surface area contributed by atoms with Gasteiger partial charge in [-0.15, -0.1) is 0 Å². The third kappa shape index (κ3) is 4.14. The van der Waals surface area contributed by atoms with Crippen LogP contribution in [0.2, 0.25) is 0 Å². The second kappa shape index (κ2) is 10.1. The third-order valence-corrected chi connectivity index (χ3v) is 9.54. The molecule has 1 N–H and O–H groups in total. The van der Waals surface area contributed by atoms with E-state index >= 15 is 0 Å². The van der Waals surface area contributed by atoms with Gasteiger partial charge in [0.15, 0.2) is 5.84 Å². The van der Waals surface area contributed by atoms with Gasteiger partial charge in [0.25, 0.3) is 0 Å². The Labute approximate surface area is 267 Å². The molecule has 0 saturated carbocycles. The number of fused-ring (bicyclic) bond motifs is 6. The van der Waals surface area contributed by atoms with Crippen molar-refractivity contribution in [3.05, 3.63) is 167 Å². The minimum atomic E-state index is -0.388. The van der Waals surface area contributed by atoms with Crippen LogP contribution >= 0.6 is 0 Å². The second-order valence-corrected chi connectivity index (χ2v) is 12.7. The molecule has 4 nitrogen and oxygen atoms in total. The number of rotatable bonds is 4. The molecule has 4 heteroatoms. The van der Waals surface area contributed by atoms with Gasteiger partial charge in [-0.05, 0) is 57.6 Å². The van der Waals surface area contributed by atoms with E-state index in [-0.39, 0.29) is 11.6 Å². The second-order valence-electron chi connectivity index (χ2n) is 12.7. The zero-order valence-corrected chi connectivity index (χ0v) is 25.7. The highest BCUT2D eigenvalue weighted by Crippen LogP contribution is 2.50. The van der Waals surface area contributed by atoms with Gasteiger partial charge < -0.3 is 9.73 Å². The number of benzene rings is 6. The lowest BCUT2D eigenvalue weighted by Crippen LogP contribution is -2.33. The predicted octanol–water partition coefficient (Wildman–Crippen LogP) is 10.1. The Bertz CT molecular complexity index is 2360. The molecule has 1 atom stereocenters. The topological polar surface area (TPSA) is 49.9 Å².